The number of allylic oxidation sites excluding steroid dienone is 1. The van der Waals surface area contributed by atoms with Gasteiger partial charge in [-0.3, -0.25) is 14.4 Å². The van der Waals surface area contributed by atoms with Crippen LogP contribution in [0.1, 0.15) is 16.1 Å². The minimum Gasteiger partial charge on any atom is -0.502 e. The molecule has 0 atom stereocenters. The van der Waals surface area contributed by atoms with E-state index >= 15 is 0 Å². The van der Waals surface area contributed by atoms with Crippen LogP contribution in [-0.2, 0) is 4.79 Å². The van der Waals surface area contributed by atoms with Crippen LogP contribution in [0.15, 0.2) is 45.6 Å². The second kappa shape index (κ2) is 4.31. The Balaban J connectivity index is 2.32. The highest BCUT2D eigenvalue weighted by Gasteiger charge is 2.29. The van der Waals surface area contributed by atoms with Crippen molar-refractivity contribution < 1.29 is 19.1 Å². The van der Waals surface area contributed by atoms with Crippen LogP contribution >= 0.6 is 0 Å². The van der Waals surface area contributed by atoms with Gasteiger partial charge in [0, 0.05) is 5.56 Å². The molecule has 0 aliphatic heterocycles. The van der Waals surface area contributed by atoms with Crippen LogP contribution in [0.2, 0.25) is 0 Å². The minimum atomic E-state index is -0.967. The number of carbonyl (C=O) groups excluding carboxylic acids is 2. The lowest BCUT2D eigenvalue weighted by molar-refractivity contribution is -0.111. The van der Waals surface area contributed by atoms with Crippen LogP contribution in [0, 0.1) is 0 Å². The van der Waals surface area contributed by atoms with Gasteiger partial charge < -0.3 is 9.52 Å². The van der Waals surface area contributed by atoms with E-state index < -0.39 is 28.3 Å². The predicted octanol–water partition coefficient (Wildman–Crippen LogP) is 1.79. The third-order valence-electron chi connectivity index (χ3n) is 2.99. The molecule has 98 valence electrons. The van der Waals surface area contributed by atoms with Gasteiger partial charge in [-0.1, -0.05) is 30.3 Å². The van der Waals surface area contributed by atoms with Crippen molar-refractivity contribution in [3.05, 3.63) is 58.0 Å². The number of hydrogen-bond donors (Lipinski definition) is 1. The van der Waals surface area contributed by atoms with Crippen molar-refractivity contribution in [3.8, 4) is 17.1 Å². The van der Waals surface area contributed by atoms with Gasteiger partial charge in [0.15, 0.2) is 5.76 Å². The molecule has 0 spiro atoms. The van der Waals surface area contributed by atoms with E-state index in [2.05, 4.69) is 0 Å². The number of hydrogen-bond acceptors (Lipinski definition) is 5. The lowest BCUT2D eigenvalue weighted by Crippen LogP contribution is -2.25. The zero-order chi connectivity index (χ0) is 14.3. The Morgan fingerprint density at radius 1 is 0.950 bits per heavy atom. The first-order valence-corrected chi connectivity index (χ1v) is 5.82. The maximum absolute atomic E-state index is 12.0. The maximum atomic E-state index is 12.0. The van der Waals surface area contributed by atoms with Crippen LogP contribution < -0.4 is 5.43 Å². The highest BCUT2D eigenvalue weighted by atomic mass is 16.4. The summed E-state index contributed by atoms with van der Waals surface area (Å²) in [5.41, 5.74) is -0.815. The highest BCUT2D eigenvalue weighted by Crippen LogP contribution is 2.30. The number of rotatable bonds is 1. The number of ketones is 2. The third-order valence-corrected chi connectivity index (χ3v) is 2.99. The van der Waals surface area contributed by atoms with Gasteiger partial charge in [0.25, 0.3) is 0 Å². The molecular formula is C15H8O5. The van der Waals surface area contributed by atoms with Gasteiger partial charge in [-0.05, 0) is 12.2 Å². The summed E-state index contributed by atoms with van der Waals surface area (Å²) in [6.07, 6.45) is 2.30. The Labute approximate surface area is 112 Å². The monoisotopic (exact) mass is 268 g/mol. The smallest absolute Gasteiger partial charge is 0.240 e. The molecular weight excluding hydrogens is 260 g/mol. The number of benzene rings is 1. The highest BCUT2D eigenvalue weighted by molar-refractivity contribution is 6.49. The summed E-state index contributed by atoms with van der Waals surface area (Å²) in [5.74, 6) is -2.49. The number of carbonyl (C=O) groups is 2. The largest absolute Gasteiger partial charge is 0.502 e. The quantitative estimate of drug-likeness (QED) is 0.797. The van der Waals surface area contributed by atoms with Gasteiger partial charge in [-0.25, -0.2) is 0 Å². The average molecular weight is 268 g/mol. The molecule has 1 N–H and O–H groups in total. The Kier molecular flexibility index (Phi) is 2.61. The van der Waals surface area contributed by atoms with Crippen molar-refractivity contribution in [1.29, 1.82) is 0 Å². The molecule has 0 unspecified atom stereocenters. The molecule has 0 bridgehead atoms. The molecule has 1 aliphatic carbocycles. The summed E-state index contributed by atoms with van der Waals surface area (Å²) >= 11 is 0. The van der Waals surface area contributed by atoms with Crippen LogP contribution in [-0.4, -0.2) is 16.7 Å². The Hall–Kier alpha value is -2.95. The van der Waals surface area contributed by atoms with Crippen molar-refractivity contribution in [2.75, 3.05) is 0 Å². The molecule has 5 heteroatoms. The lowest BCUT2D eigenvalue weighted by Gasteiger charge is -2.10. The van der Waals surface area contributed by atoms with Crippen molar-refractivity contribution in [2.24, 2.45) is 0 Å². The third kappa shape index (κ3) is 1.68. The fraction of sp³-hybridized carbons (Fsp3) is 0. The molecule has 2 aromatic rings. The van der Waals surface area contributed by atoms with E-state index in [1.54, 1.807) is 30.3 Å². The van der Waals surface area contributed by atoms with Crippen molar-refractivity contribution in [1.82, 2.24) is 0 Å². The van der Waals surface area contributed by atoms with Crippen LogP contribution in [0.3, 0.4) is 0 Å². The first kappa shape index (κ1) is 12.1. The summed E-state index contributed by atoms with van der Waals surface area (Å²) in [6, 6.07) is 8.53. The predicted molar refractivity (Wildman–Crippen MR) is 70.5 cm³/mol. The molecule has 0 fully saturated rings. The van der Waals surface area contributed by atoms with Crippen molar-refractivity contribution in [3.63, 3.8) is 0 Å². The summed E-state index contributed by atoms with van der Waals surface area (Å²) in [6.45, 7) is 0. The first-order valence-electron chi connectivity index (χ1n) is 5.82. The molecule has 1 aromatic carbocycles. The Bertz CT molecular complexity index is 812. The maximum Gasteiger partial charge on any atom is 0.240 e. The van der Waals surface area contributed by atoms with E-state index in [-0.39, 0.29) is 11.5 Å². The van der Waals surface area contributed by atoms with E-state index in [9.17, 15) is 19.5 Å². The lowest BCUT2D eigenvalue weighted by atomic mass is 9.99. The van der Waals surface area contributed by atoms with Crippen LogP contribution in [0.5, 0.6) is 5.75 Å². The zero-order valence-corrected chi connectivity index (χ0v) is 10.1. The molecule has 0 saturated heterocycles. The molecule has 0 saturated carbocycles. The summed E-state index contributed by atoms with van der Waals surface area (Å²) in [4.78, 5) is 35.0. The van der Waals surface area contributed by atoms with Crippen molar-refractivity contribution in [2.45, 2.75) is 0 Å². The molecule has 0 radical (unpaired) electrons. The van der Waals surface area contributed by atoms with Gasteiger partial charge in [0.05, 0.1) is 0 Å². The molecule has 1 aromatic heterocycles. The van der Waals surface area contributed by atoms with Crippen LogP contribution in [0.4, 0.5) is 0 Å². The second-order valence-electron chi connectivity index (χ2n) is 4.24. The Morgan fingerprint density at radius 2 is 1.65 bits per heavy atom. The van der Waals surface area contributed by atoms with Gasteiger partial charge in [0.1, 0.15) is 11.3 Å². The molecule has 0 amide bonds. The van der Waals surface area contributed by atoms with Gasteiger partial charge in [-0.2, -0.15) is 0 Å². The van der Waals surface area contributed by atoms with Gasteiger partial charge >= 0.3 is 0 Å². The van der Waals surface area contributed by atoms with E-state index in [0.717, 1.165) is 6.08 Å². The first-order chi connectivity index (χ1) is 9.59. The fourth-order valence-corrected chi connectivity index (χ4v) is 2.01. The van der Waals surface area contributed by atoms with Crippen molar-refractivity contribution >= 4 is 17.6 Å². The molecule has 5 nitrogen and oxygen atoms in total. The molecule has 20 heavy (non-hydrogen) atoms. The number of Topliss-reactive ketones (excluding diaryl/α,β-unsaturated/α-hetero) is 1. The van der Waals surface area contributed by atoms with E-state index in [0.29, 0.717) is 5.56 Å². The van der Waals surface area contributed by atoms with Crippen LogP contribution in [0.25, 0.3) is 17.4 Å². The fourth-order valence-electron chi connectivity index (χ4n) is 2.01. The zero-order valence-electron chi connectivity index (χ0n) is 10.1. The minimum absolute atomic E-state index is 0.0174. The second-order valence-corrected chi connectivity index (χ2v) is 4.24. The Morgan fingerprint density at radius 3 is 2.35 bits per heavy atom. The van der Waals surface area contributed by atoms with Gasteiger partial charge in [-0.15, -0.1) is 0 Å². The van der Waals surface area contributed by atoms with E-state index in [1.807, 2.05) is 0 Å². The van der Waals surface area contributed by atoms with E-state index in [4.69, 9.17) is 4.42 Å². The topological polar surface area (TPSA) is 84.6 Å². The van der Waals surface area contributed by atoms with Gasteiger partial charge in [0.2, 0.25) is 22.7 Å². The summed E-state index contributed by atoms with van der Waals surface area (Å²) in [7, 11) is 0. The molecule has 1 aliphatic rings. The molecule has 1 heterocycles. The SMILES string of the molecule is O=C1C=Cc2oc(-c3ccccc3)c(O)c(=O)c2C1=O. The summed E-state index contributed by atoms with van der Waals surface area (Å²) in [5, 5.41) is 9.92. The number of aromatic hydroxyl groups is 1. The molecule has 3 rings (SSSR count). The number of fused-ring (bicyclic) bond motifs is 1. The average Bonchev–Trinajstić information content (AvgIpc) is 2.47. The normalized spacial score (nSPS) is 13.4. The summed E-state index contributed by atoms with van der Waals surface area (Å²) < 4.78 is 5.41. The standard InChI is InChI=1S/C15H8O5/c16-9-6-7-10-11(12(9)17)13(18)14(19)15(20-10)8-4-2-1-3-5-8/h1-7,19H. The van der Waals surface area contributed by atoms with E-state index in [1.165, 1.54) is 6.08 Å².